The maximum atomic E-state index is 5.96. The molecule has 0 amide bonds. The highest BCUT2D eigenvalue weighted by molar-refractivity contribution is 6.08. The van der Waals surface area contributed by atoms with Gasteiger partial charge in [0.2, 0.25) is 0 Å². The Morgan fingerprint density at radius 3 is 2.53 bits per heavy atom. The molecule has 0 unspecified atom stereocenters. The Balaban J connectivity index is 3.03. The van der Waals surface area contributed by atoms with Crippen molar-refractivity contribution >= 4 is 5.71 Å². The second kappa shape index (κ2) is 6.69. The summed E-state index contributed by atoms with van der Waals surface area (Å²) in [5, 5.41) is 0. The average Bonchev–Trinajstić information content (AvgIpc) is 2.37. The second-order valence-electron chi connectivity index (χ2n) is 3.98. The minimum atomic E-state index is 0.602. The third kappa shape index (κ3) is 3.91. The van der Waals surface area contributed by atoms with Gasteiger partial charge in [0.1, 0.15) is 5.82 Å². The fraction of sp³-hybridized carbons (Fsp3) is 0.267. The van der Waals surface area contributed by atoms with Crippen LogP contribution in [0.4, 0.5) is 0 Å². The fourth-order valence-corrected chi connectivity index (χ4v) is 1.57. The number of benzene rings is 1. The Bertz CT molecular complexity index is 427. The van der Waals surface area contributed by atoms with Crippen LogP contribution in [-0.2, 0) is 0 Å². The summed E-state index contributed by atoms with van der Waals surface area (Å²) in [4.78, 5) is 4.44. The third-order valence-electron chi connectivity index (χ3n) is 2.57. The first-order chi connectivity index (χ1) is 8.19. The quantitative estimate of drug-likeness (QED) is 0.767. The number of aliphatic imine (C=N–C) groups is 1. The summed E-state index contributed by atoms with van der Waals surface area (Å²) in [7, 11) is 0. The molecule has 0 atom stereocenters. The molecule has 1 aromatic rings. The Morgan fingerprint density at radius 2 is 2.00 bits per heavy atom. The van der Waals surface area contributed by atoms with Crippen molar-refractivity contribution in [1.82, 2.24) is 0 Å². The molecule has 2 heteroatoms. The van der Waals surface area contributed by atoms with Crippen LogP contribution in [0.1, 0.15) is 32.3 Å². The highest BCUT2D eigenvalue weighted by Gasteiger charge is 2.00. The van der Waals surface area contributed by atoms with Crippen molar-refractivity contribution in [2.45, 2.75) is 26.7 Å². The van der Waals surface area contributed by atoms with Gasteiger partial charge in [0.15, 0.2) is 0 Å². The predicted molar refractivity (Wildman–Crippen MR) is 75.0 cm³/mol. The van der Waals surface area contributed by atoms with E-state index in [0.717, 1.165) is 29.7 Å². The fourth-order valence-electron chi connectivity index (χ4n) is 1.57. The smallest absolute Gasteiger partial charge is 0.122 e. The molecule has 0 aliphatic heterocycles. The number of hydrogen-bond donors (Lipinski definition) is 1. The van der Waals surface area contributed by atoms with Crippen molar-refractivity contribution in [3.05, 3.63) is 59.9 Å². The predicted octanol–water partition coefficient (Wildman–Crippen LogP) is 3.65. The van der Waals surface area contributed by atoms with Gasteiger partial charge in [-0.3, -0.25) is 0 Å². The summed E-state index contributed by atoms with van der Waals surface area (Å²) in [6.45, 7) is 7.94. The standard InChI is InChI=1S/C15H20N2/c1-4-9-12(3)15(16)17-14(5-2)13-10-7-6-8-11-13/h5-8,10-11H,2,4,9,16H2,1,3H3/b15-12+,17-14?. The molecule has 0 saturated heterocycles. The molecule has 2 nitrogen and oxygen atoms in total. The lowest BCUT2D eigenvalue weighted by atomic mass is 10.1. The van der Waals surface area contributed by atoms with Gasteiger partial charge in [-0.05, 0) is 25.0 Å². The molecule has 0 fully saturated rings. The maximum Gasteiger partial charge on any atom is 0.122 e. The van der Waals surface area contributed by atoms with Gasteiger partial charge < -0.3 is 5.73 Å². The summed E-state index contributed by atoms with van der Waals surface area (Å²) in [6.07, 6.45) is 3.80. The van der Waals surface area contributed by atoms with Crippen LogP contribution >= 0.6 is 0 Å². The topological polar surface area (TPSA) is 38.4 Å². The van der Waals surface area contributed by atoms with Gasteiger partial charge in [-0.15, -0.1) is 0 Å². The lowest BCUT2D eigenvalue weighted by Crippen LogP contribution is -2.04. The average molecular weight is 228 g/mol. The number of nitrogens with two attached hydrogens (primary N) is 1. The van der Waals surface area contributed by atoms with Gasteiger partial charge in [-0.1, -0.05) is 50.3 Å². The van der Waals surface area contributed by atoms with Gasteiger partial charge in [0, 0.05) is 5.56 Å². The number of rotatable bonds is 5. The molecule has 0 radical (unpaired) electrons. The second-order valence-corrected chi connectivity index (χ2v) is 3.98. The van der Waals surface area contributed by atoms with E-state index in [1.807, 2.05) is 37.3 Å². The maximum absolute atomic E-state index is 5.96. The first-order valence-electron chi connectivity index (χ1n) is 5.90. The SMILES string of the molecule is C=CC(=N/C(N)=C(\C)CCC)c1ccccc1. The molecule has 0 aliphatic carbocycles. The molecule has 90 valence electrons. The van der Waals surface area contributed by atoms with E-state index in [1.165, 1.54) is 0 Å². The minimum Gasteiger partial charge on any atom is -0.384 e. The Hall–Kier alpha value is -1.83. The highest BCUT2D eigenvalue weighted by Crippen LogP contribution is 2.10. The summed E-state index contributed by atoms with van der Waals surface area (Å²) in [6, 6.07) is 9.94. The van der Waals surface area contributed by atoms with Crippen LogP contribution < -0.4 is 5.73 Å². The zero-order valence-corrected chi connectivity index (χ0v) is 10.6. The number of hydrogen-bond acceptors (Lipinski definition) is 2. The lowest BCUT2D eigenvalue weighted by molar-refractivity contribution is 0.882. The number of allylic oxidation sites excluding steroid dienone is 2. The van der Waals surface area contributed by atoms with Crippen LogP contribution in [0.5, 0.6) is 0 Å². The largest absolute Gasteiger partial charge is 0.384 e. The van der Waals surface area contributed by atoms with E-state index < -0.39 is 0 Å². The molecule has 0 spiro atoms. The molecule has 1 rings (SSSR count). The zero-order chi connectivity index (χ0) is 12.7. The third-order valence-corrected chi connectivity index (χ3v) is 2.57. The van der Waals surface area contributed by atoms with E-state index in [-0.39, 0.29) is 0 Å². The van der Waals surface area contributed by atoms with Crippen molar-refractivity contribution in [3.63, 3.8) is 0 Å². The van der Waals surface area contributed by atoms with Crippen molar-refractivity contribution in [1.29, 1.82) is 0 Å². The van der Waals surface area contributed by atoms with E-state index in [2.05, 4.69) is 18.5 Å². The first kappa shape index (κ1) is 13.2. The van der Waals surface area contributed by atoms with Crippen LogP contribution in [0.2, 0.25) is 0 Å². The summed E-state index contributed by atoms with van der Waals surface area (Å²) in [5.41, 5.74) is 8.94. The molecule has 17 heavy (non-hydrogen) atoms. The van der Waals surface area contributed by atoms with E-state index >= 15 is 0 Å². The van der Waals surface area contributed by atoms with Gasteiger partial charge >= 0.3 is 0 Å². The molecule has 0 heterocycles. The van der Waals surface area contributed by atoms with E-state index in [9.17, 15) is 0 Å². The Morgan fingerprint density at radius 1 is 1.35 bits per heavy atom. The molecule has 2 N–H and O–H groups in total. The lowest BCUT2D eigenvalue weighted by Gasteiger charge is -2.05. The van der Waals surface area contributed by atoms with E-state index in [1.54, 1.807) is 6.08 Å². The molecule has 0 saturated carbocycles. The molecule has 0 bridgehead atoms. The van der Waals surface area contributed by atoms with E-state index in [0.29, 0.717) is 5.82 Å². The minimum absolute atomic E-state index is 0.602. The van der Waals surface area contributed by atoms with Crippen molar-refractivity contribution in [3.8, 4) is 0 Å². The normalized spacial score (nSPS) is 13.2. The van der Waals surface area contributed by atoms with Crippen molar-refractivity contribution < 1.29 is 0 Å². The van der Waals surface area contributed by atoms with Crippen LogP contribution in [-0.4, -0.2) is 5.71 Å². The molecule has 0 aromatic heterocycles. The van der Waals surface area contributed by atoms with Crippen LogP contribution in [0.3, 0.4) is 0 Å². The van der Waals surface area contributed by atoms with Crippen LogP contribution in [0, 0.1) is 0 Å². The highest BCUT2D eigenvalue weighted by atomic mass is 14.9. The molecular weight excluding hydrogens is 208 g/mol. The van der Waals surface area contributed by atoms with Gasteiger partial charge in [0.05, 0.1) is 5.71 Å². The Labute approximate surface area is 104 Å². The summed E-state index contributed by atoms with van der Waals surface area (Å²) >= 11 is 0. The van der Waals surface area contributed by atoms with Crippen molar-refractivity contribution in [2.24, 2.45) is 10.7 Å². The van der Waals surface area contributed by atoms with Gasteiger partial charge in [0.25, 0.3) is 0 Å². The first-order valence-corrected chi connectivity index (χ1v) is 5.90. The van der Waals surface area contributed by atoms with E-state index in [4.69, 9.17) is 5.73 Å². The van der Waals surface area contributed by atoms with Crippen LogP contribution in [0.15, 0.2) is 59.4 Å². The monoisotopic (exact) mass is 228 g/mol. The molecular formula is C15H20N2. The molecule has 0 aliphatic rings. The van der Waals surface area contributed by atoms with Gasteiger partial charge in [-0.2, -0.15) is 0 Å². The van der Waals surface area contributed by atoms with Crippen LogP contribution in [0.25, 0.3) is 0 Å². The van der Waals surface area contributed by atoms with Crippen molar-refractivity contribution in [2.75, 3.05) is 0 Å². The zero-order valence-electron chi connectivity index (χ0n) is 10.6. The van der Waals surface area contributed by atoms with Gasteiger partial charge in [-0.25, -0.2) is 4.99 Å². The number of nitrogens with zero attached hydrogens (tertiary/aromatic N) is 1. The Kier molecular flexibility index (Phi) is 5.21. The molecule has 1 aromatic carbocycles. The summed E-state index contributed by atoms with van der Waals surface area (Å²) < 4.78 is 0. The summed E-state index contributed by atoms with van der Waals surface area (Å²) in [5.74, 6) is 0.602.